The smallest absolute Gasteiger partial charge is 0.265 e. The van der Waals surface area contributed by atoms with Crippen LogP contribution in [0.15, 0.2) is 51.9 Å². The third kappa shape index (κ3) is 2.76. The van der Waals surface area contributed by atoms with Crippen LogP contribution < -0.4 is 5.56 Å². The van der Waals surface area contributed by atoms with E-state index in [1.165, 1.54) is 4.57 Å². The number of ketones is 1. The maximum absolute atomic E-state index is 12.1. The van der Waals surface area contributed by atoms with Crippen molar-refractivity contribution < 1.29 is 4.79 Å². The zero-order valence-electron chi connectivity index (χ0n) is 9.89. The van der Waals surface area contributed by atoms with Gasteiger partial charge in [-0.2, -0.15) is 0 Å². The van der Waals surface area contributed by atoms with Crippen molar-refractivity contribution in [3.63, 3.8) is 0 Å². The summed E-state index contributed by atoms with van der Waals surface area (Å²) in [6, 6.07) is 10.8. The molecule has 0 fully saturated rings. The minimum atomic E-state index is -0.196. The van der Waals surface area contributed by atoms with Crippen molar-refractivity contribution in [2.45, 2.75) is 13.5 Å². The molecule has 0 aliphatic rings. The predicted octanol–water partition coefficient (Wildman–Crippen LogP) is 2.80. The second kappa shape index (κ2) is 5.31. The number of rotatable bonds is 3. The highest BCUT2D eigenvalue weighted by molar-refractivity contribution is 9.10. The van der Waals surface area contributed by atoms with Gasteiger partial charge in [0.05, 0.1) is 11.0 Å². The highest BCUT2D eigenvalue weighted by Gasteiger charge is 2.08. The lowest BCUT2D eigenvalue weighted by Gasteiger charge is -2.05. The second-order valence-electron chi connectivity index (χ2n) is 4.08. The van der Waals surface area contributed by atoms with Crippen LogP contribution in [0.1, 0.15) is 15.9 Å². The Kier molecular flexibility index (Phi) is 3.77. The van der Waals surface area contributed by atoms with E-state index in [1.807, 2.05) is 25.1 Å². The predicted molar refractivity (Wildman–Crippen MR) is 73.9 cm³/mol. The largest absolute Gasteiger partial charge is 0.307 e. The molecule has 4 heteroatoms. The minimum absolute atomic E-state index is 0.0573. The Balaban J connectivity index is 2.27. The molecule has 0 unspecified atom stereocenters. The number of benzene rings is 1. The van der Waals surface area contributed by atoms with E-state index in [1.54, 1.807) is 24.4 Å². The Labute approximate surface area is 113 Å². The number of halogens is 1. The van der Waals surface area contributed by atoms with Gasteiger partial charge in [0.25, 0.3) is 5.56 Å². The summed E-state index contributed by atoms with van der Waals surface area (Å²) in [5.41, 5.74) is 1.46. The average Bonchev–Trinajstić information content (AvgIpc) is 2.35. The van der Waals surface area contributed by atoms with Gasteiger partial charge in [-0.25, -0.2) is 0 Å². The van der Waals surface area contributed by atoms with Gasteiger partial charge in [0.15, 0.2) is 5.78 Å². The van der Waals surface area contributed by atoms with Crippen molar-refractivity contribution >= 4 is 21.7 Å². The van der Waals surface area contributed by atoms with Gasteiger partial charge in [-0.15, -0.1) is 0 Å². The molecule has 1 aromatic carbocycles. The summed E-state index contributed by atoms with van der Waals surface area (Å²) in [7, 11) is 0. The summed E-state index contributed by atoms with van der Waals surface area (Å²) in [6.45, 7) is 1.99. The number of hydrogen-bond acceptors (Lipinski definition) is 2. The van der Waals surface area contributed by atoms with E-state index >= 15 is 0 Å². The van der Waals surface area contributed by atoms with Crippen LogP contribution in [0.2, 0.25) is 0 Å². The Morgan fingerprint density at radius 1 is 1.28 bits per heavy atom. The first-order chi connectivity index (χ1) is 8.58. The lowest BCUT2D eigenvalue weighted by molar-refractivity contribution is 0.0970. The fourth-order valence-corrected chi connectivity index (χ4v) is 2.08. The molecule has 0 N–H and O–H groups in total. The summed E-state index contributed by atoms with van der Waals surface area (Å²) in [6.07, 6.45) is 1.61. The van der Waals surface area contributed by atoms with Gasteiger partial charge in [0.1, 0.15) is 0 Å². The van der Waals surface area contributed by atoms with Gasteiger partial charge in [-0.05, 0) is 41.1 Å². The van der Waals surface area contributed by atoms with Crippen molar-refractivity contribution in [3.05, 3.63) is 68.5 Å². The lowest BCUT2D eigenvalue weighted by Crippen LogP contribution is -2.24. The molecule has 0 atom stereocenters. The quantitative estimate of drug-likeness (QED) is 0.818. The number of nitrogens with zero attached hydrogens (tertiary/aromatic N) is 1. The van der Waals surface area contributed by atoms with Crippen LogP contribution >= 0.6 is 15.9 Å². The Hall–Kier alpha value is -1.68. The number of carbonyl (C=O) groups is 1. The molecule has 0 amide bonds. The minimum Gasteiger partial charge on any atom is -0.307 e. The number of hydrogen-bond donors (Lipinski definition) is 0. The molecule has 1 heterocycles. The monoisotopic (exact) mass is 305 g/mol. The third-order valence-electron chi connectivity index (χ3n) is 2.63. The number of Topliss-reactive ketones (excluding diaryl/α,β-unsaturated/α-hetero) is 1. The first-order valence-corrected chi connectivity index (χ1v) is 6.32. The van der Waals surface area contributed by atoms with Crippen LogP contribution in [-0.4, -0.2) is 10.4 Å². The first-order valence-electron chi connectivity index (χ1n) is 5.53. The standard InChI is InChI=1S/C14H12BrNO2/c1-10-4-2-5-11(8-10)13(17)9-16-7-3-6-12(15)14(16)18/h2-8H,9H2,1H3. The summed E-state index contributed by atoms with van der Waals surface area (Å²) in [5, 5.41) is 0. The summed E-state index contributed by atoms with van der Waals surface area (Å²) in [5.74, 6) is -0.0705. The molecule has 92 valence electrons. The molecule has 0 radical (unpaired) electrons. The van der Waals surface area contributed by atoms with Crippen molar-refractivity contribution in [1.29, 1.82) is 0 Å². The van der Waals surface area contributed by atoms with Crippen LogP contribution in [-0.2, 0) is 6.54 Å². The SMILES string of the molecule is Cc1cccc(C(=O)Cn2cccc(Br)c2=O)c1. The Bertz CT molecular complexity index is 646. The zero-order valence-corrected chi connectivity index (χ0v) is 11.5. The number of carbonyl (C=O) groups excluding carboxylic acids is 1. The number of aryl methyl sites for hydroxylation is 1. The van der Waals surface area contributed by atoms with Crippen LogP contribution in [0.5, 0.6) is 0 Å². The van der Waals surface area contributed by atoms with Crippen molar-refractivity contribution in [2.75, 3.05) is 0 Å². The van der Waals surface area contributed by atoms with Crippen molar-refractivity contribution in [2.24, 2.45) is 0 Å². The van der Waals surface area contributed by atoms with Crippen LogP contribution in [0, 0.1) is 6.92 Å². The number of aromatic nitrogens is 1. The van der Waals surface area contributed by atoms with Gasteiger partial charge >= 0.3 is 0 Å². The van der Waals surface area contributed by atoms with E-state index in [0.29, 0.717) is 10.0 Å². The van der Waals surface area contributed by atoms with Gasteiger partial charge in [-0.3, -0.25) is 9.59 Å². The molecule has 2 rings (SSSR count). The van der Waals surface area contributed by atoms with Gasteiger partial charge in [0, 0.05) is 11.8 Å². The Morgan fingerprint density at radius 3 is 2.78 bits per heavy atom. The zero-order chi connectivity index (χ0) is 13.1. The summed E-state index contributed by atoms with van der Waals surface area (Å²) in [4.78, 5) is 23.8. The summed E-state index contributed by atoms with van der Waals surface area (Å²) >= 11 is 3.16. The molecule has 0 spiro atoms. The van der Waals surface area contributed by atoms with E-state index in [9.17, 15) is 9.59 Å². The molecular formula is C14H12BrNO2. The topological polar surface area (TPSA) is 39.1 Å². The van der Waals surface area contributed by atoms with Gasteiger partial charge < -0.3 is 4.57 Å². The molecule has 0 saturated carbocycles. The van der Waals surface area contributed by atoms with Crippen LogP contribution in [0.25, 0.3) is 0 Å². The van der Waals surface area contributed by atoms with E-state index in [4.69, 9.17) is 0 Å². The van der Waals surface area contributed by atoms with E-state index in [-0.39, 0.29) is 17.9 Å². The fourth-order valence-electron chi connectivity index (χ4n) is 1.70. The van der Waals surface area contributed by atoms with Crippen molar-refractivity contribution in [3.8, 4) is 0 Å². The molecule has 18 heavy (non-hydrogen) atoms. The van der Waals surface area contributed by atoms with Gasteiger partial charge in [0.2, 0.25) is 0 Å². The summed E-state index contributed by atoms with van der Waals surface area (Å²) < 4.78 is 1.86. The van der Waals surface area contributed by atoms with E-state index in [2.05, 4.69) is 15.9 Å². The molecule has 0 aliphatic carbocycles. The molecule has 0 saturated heterocycles. The highest BCUT2D eigenvalue weighted by Crippen LogP contribution is 2.07. The number of pyridine rings is 1. The molecule has 0 bridgehead atoms. The Morgan fingerprint density at radius 2 is 2.06 bits per heavy atom. The first kappa shape index (κ1) is 12.8. The van der Waals surface area contributed by atoms with Crippen LogP contribution in [0.4, 0.5) is 0 Å². The van der Waals surface area contributed by atoms with E-state index in [0.717, 1.165) is 5.56 Å². The average molecular weight is 306 g/mol. The van der Waals surface area contributed by atoms with E-state index < -0.39 is 0 Å². The second-order valence-corrected chi connectivity index (χ2v) is 4.94. The maximum atomic E-state index is 12.1. The molecular weight excluding hydrogens is 294 g/mol. The fraction of sp³-hybridized carbons (Fsp3) is 0.143. The maximum Gasteiger partial charge on any atom is 0.265 e. The molecule has 3 nitrogen and oxygen atoms in total. The molecule has 1 aromatic heterocycles. The molecule has 0 aliphatic heterocycles. The van der Waals surface area contributed by atoms with Crippen LogP contribution in [0.3, 0.4) is 0 Å². The highest BCUT2D eigenvalue weighted by atomic mass is 79.9. The van der Waals surface area contributed by atoms with Crippen molar-refractivity contribution in [1.82, 2.24) is 4.57 Å². The third-order valence-corrected chi connectivity index (χ3v) is 3.23. The van der Waals surface area contributed by atoms with Gasteiger partial charge in [-0.1, -0.05) is 23.8 Å². The lowest BCUT2D eigenvalue weighted by atomic mass is 10.1. The molecule has 2 aromatic rings. The normalized spacial score (nSPS) is 10.3.